The number of hydrogen-bond donors (Lipinski definition) is 1. The Bertz CT molecular complexity index is 835. The first kappa shape index (κ1) is 14.9. The summed E-state index contributed by atoms with van der Waals surface area (Å²) in [5.41, 5.74) is 4.92. The van der Waals surface area contributed by atoms with Crippen molar-refractivity contribution in [3.63, 3.8) is 0 Å². The third kappa shape index (κ3) is 2.56. The van der Waals surface area contributed by atoms with Crippen molar-refractivity contribution in [2.24, 2.45) is 0 Å². The molecule has 112 valence electrons. The van der Waals surface area contributed by atoms with E-state index in [1.54, 1.807) is 12.3 Å². The van der Waals surface area contributed by atoms with Crippen LogP contribution in [0.4, 0.5) is 4.39 Å². The Balaban J connectivity index is 0.00000144. The van der Waals surface area contributed by atoms with Crippen LogP contribution < -0.4 is 5.32 Å². The summed E-state index contributed by atoms with van der Waals surface area (Å²) < 4.78 is 13.9. The standard InChI is InChI=1S/C17H14FN3.ClH/c18-15-2-1-3-17-14(15)7-12(10-21-17)11-6-13-8-19-5-4-16(13)20-9-11;/h1-3,6-7,9-10,19H,4-5,8H2;1H. The molecule has 22 heavy (non-hydrogen) atoms. The van der Waals surface area contributed by atoms with Gasteiger partial charge >= 0.3 is 0 Å². The van der Waals surface area contributed by atoms with E-state index < -0.39 is 0 Å². The van der Waals surface area contributed by atoms with Gasteiger partial charge in [-0.2, -0.15) is 0 Å². The molecule has 0 spiro atoms. The Kier molecular flexibility index (Phi) is 4.05. The van der Waals surface area contributed by atoms with Crippen molar-refractivity contribution in [2.45, 2.75) is 13.0 Å². The maximum absolute atomic E-state index is 13.9. The summed E-state index contributed by atoms with van der Waals surface area (Å²) in [7, 11) is 0. The second kappa shape index (κ2) is 5.99. The van der Waals surface area contributed by atoms with Crippen LogP contribution >= 0.6 is 12.4 Å². The molecule has 0 saturated carbocycles. The molecule has 0 fully saturated rings. The fraction of sp³-hybridized carbons (Fsp3) is 0.176. The number of halogens is 2. The fourth-order valence-corrected chi connectivity index (χ4v) is 2.78. The van der Waals surface area contributed by atoms with Gasteiger partial charge < -0.3 is 5.32 Å². The zero-order chi connectivity index (χ0) is 14.2. The van der Waals surface area contributed by atoms with Gasteiger partial charge in [0.1, 0.15) is 5.82 Å². The third-order valence-electron chi connectivity index (χ3n) is 3.92. The fourth-order valence-electron chi connectivity index (χ4n) is 2.78. The second-order valence-electron chi connectivity index (χ2n) is 5.29. The molecule has 3 nitrogen and oxygen atoms in total. The molecule has 5 heteroatoms. The number of nitrogens with zero attached hydrogens (tertiary/aromatic N) is 2. The topological polar surface area (TPSA) is 37.8 Å². The van der Waals surface area contributed by atoms with Crippen LogP contribution in [0.3, 0.4) is 0 Å². The molecule has 4 rings (SSSR count). The Labute approximate surface area is 134 Å². The van der Waals surface area contributed by atoms with Crippen molar-refractivity contribution in [3.8, 4) is 11.1 Å². The van der Waals surface area contributed by atoms with Crippen LogP contribution in [0.5, 0.6) is 0 Å². The lowest BCUT2D eigenvalue weighted by Gasteiger charge is -2.16. The Morgan fingerprint density at radius 3 is 2.77 bits per heavy atom. The van der Waals surface area contributed by atoms with Crippen LogP contribution in [0, 0.1) is 5.82 Å². The van der Waals surface area contributed by atoms with Gasteiger partial charge in [0.15, 0.2) is 0 Å². The van der Waals surface area contributed by atoms with E-state index in [1.807, 2.05) is 18.3 Å². The number of aromatic nitrogens is 2. The third-order valence-corrected chi connectivity index (χ3v) is 3.92. The Morgan fingerprint density at radius 1 is 1.05 bits per heavy atom. The zero-order valence-electron chi connectivity index (χ0n) is 11.8. The highest BCUT2D eigenvalue weighted by molar-refractivity contribution is 5.85. The number of rotatable bonds is 1. The normalized spacial score (nSPS) is 13.5. The van der Waals surface area contributed by atoms with Crippen LogP contribution in [0.1, 0.15) is 11.3 Å². The molecule has 1 aromatic carbocycles. The van der Waals surface area contributed by atoms with Crippen molar-refractivity contribution >= 4 is 23.3 Å². The van der Waals surface area contributed by atoms with E-state index in [0.29, 0.717) is 10.9 Å². The maximum Gasteiger partial charge on any atom is 0.132 e. The summed E-state index contributed by atoms with van der Waals surface area (Å²) in [6.45, 7) is 1.81. The first-order chi connectivity index (χ1) is 10.3. The molecule has 2 aromatic heterocycles. The minimum atomic E-state index is -0.241. The summed E-state index contributed by atoms with van der Waals surface area (Å²) in [6, 6.07) is 8.92. The molecular formula is C17H15ClFN3. The van der Waals surface area contributed by atoms with Gasteiger partial charge in [0.25, 0.3) is 0 Å². The number of hydrogen-bond acceptors (Lipinski definition) is 3. The molecule has 0 amide bonds. The van der Waals surface area contributed by atoms with Crippen LogP contribution in [0.15, 0.2) is 42.7 Å². The molecule has 0 radical (unpaired) electrons. The first-order valence-electron chi connectivity index (χ1n) is 7.04. The van der Waals surface area contributed by atoms with Gasteiger partial charge in [0.2, 0.25) is 0 Å². The quantitative estimate of drug-likeness (QED) is 0.747. The van der Waals surface area contributed by atoms with Crippen LogP contribution in [-0.4, -0.2) is 16.5 Å². The predicted molar refractivity (Wildman–Crippen MR) is 87.6 cm³/mol. The van der Waals surface area contributed by atoms with Gasteiger partial charge in [-0.15, -0.1) is 12.4 Å². The molecule has 3 heterocycles. The van der Waals surface area contributed by atoms with E-state index in [1.165, 1.54) is 11.6 Å². The van der Waals surface area contributed by atoms with Gasteiger partial charge in [-0.1, -0.05) is 6.07 Å². The lowest BCUT2D eigenvalue weighted by molar-refractivity contribution is 0.630. The average molecular weight is 316 g/mol. The van der Waals surface area contributed by atoms with E-state index in [-0.39, 0.29) is 18.2 Å². The molecule has 3 aromatic rings. The molecule has 0 bridgehead atoms. The predicted octanol–water partition coefficient (Wildman–Crippen LogP) is 3.50. The monoisotopic (exact) mass is 315 g/mol. The van der Waals surface area contributed by atoms with Crippen LogP contribution in [0.25, 0.3) is 22.0 Å². The van der Waals surface area contributed by atoms with Crippen molar-refractivity contribution in [3.05, 3.63) is 59.8 Å². The number of fused-ring (bicyclic) bond motifs is 2. The number of pyridine rings is 2. The summed E-state index contributed by atoms with van der Waals surface area (Å²) in [5, 5.41) is 3.89. The first-order valence-corrected chi connectivity index (χ1v) is 7.04. The largest absolute Gasteiger partial charge is 0.312 e. The summed E-state index contributed by atoms with van der Waals surface area (Å²) in [6.07, 6.45) is 4.59. The highest BCUT2D eigenvalue weighted by Crippen LogP contribution is 2.26. The van der Waals surface area contributed by atoms with E-state index in [2.05, 4.69) is 21.4 Å². The summed E-state index contributed by atoms with van der Waals surface area (Å²) >= 11 is 0. The van der Waals surface area contributed by atoms with Gasteiger partial charge in [-0.05, 0) is 29.8 Å². The van der Waals surface area contributed by atoms with E-state index in [4.69, 9.17) is 0 Å². The molecular weight excluding hydrogens is 301 g/mol. The van der Waals surface area contributed by atoms with Crippen molar-refractivity contribution < 1.29 is 4.39 Å². The molecule has 1 aliphatic rings. The Morgan fingerprint density at radius 2 is 1.86 bits per heavy atom. The van der Waals surface area contributed by atoms with E-state index >= 15 is 0 Å². The number of nitrogens with one attached hydrogen (secondary N) is 1. The lowest BCUT2D eigenvalue weighted by atomic mass is 10.0. The van der Waals surface area contributed by atoms with Crippen LogP contribution in [0.2, 0.25) is 0 Å². The molecule has 0 atom stereocenters. The van der Waals surface area contributed by atoms with Crippen molar-refractivity contribution in [1.82, 2.24) is 15.3 Å². The van der Waals surface area contributed by atoms with Gasteiger partial charge in [-0.3, -0.25) is 9.97 Å². The van der Waals surface area contributed by atoms with Gasteiger partial charge in [-0.25, -0.2) is 4.39 Å². The average Bonchev–Trinajstić information content (AvgIpc) is 2.54. The molecule has 0 saturated heterocycles. The molecule has 0 aliphatic carbocycles. The molecule has 1 N–H and O–H groups in total. The van der Waals surface area contributed by atoms with Crippen molar-refractivity contribution in [1.29, 1.82) is 0 Å². The van der Waals surface area contributed by atoms with Crippen molar-refractivity contribution in [2.75, 3.05) is 6.54 Å². The summed E-state index contributed by atoms with van der Waals surface area (Å²) in [5.74, 6) is -0.241. The smallest absolute Gasteiger partial charge is 0.132 e. The minimum Gasteiger partial charge on any atom is -0.312 e. The zero-order valence-corrected chi connectivity index (χ0v) is 12.7. The molecule has 1 aliphatic heterocycles. The maximum atomic E-state index is 13.9. The van der Waals surface area contributed by atoms with E-state index in [0.717, 1.165) is 36.3 Å². The van der Waals surface area contributed by atoms with Crippen LogP contribution in [-0.2, 0) is 13.0 Å². The minimum absolute atomic E-state index is 0. The molecule has 0 unspecified atom stereocenters. The van der Waals surface area contributed by atoms with Gasteiger partial charge in [0.05, 0.1) is 5.52 Å². The highest BCUT2D eigenvalue weighted by Gasteiger charge is 2.12. The lowest BCUT2D eigenvalue weighted by Crippen LogP contribution is -2.24. The van der Waals surface area contributed by atoms with Gasteiger partial charge in [0, 0.05) is 54.1 Å². The Hall–Kier alpha value is -2.04. The number of benzene rings is 1. The second-order valence-corrected chi connectivity index (χ2v) is 5.29. The van der Waals surface area contributed by atoms with E-state index in [9.17, 15) is 4.39 Å². The highest BCUT2D eigenvalue weighted by atomic mass is 35.5. The summed E-state index contributed by atoms with van der Waals surface area (Å²) in [4.78, 5) is 8.88. The SMILES string of the molecule is Cl.Fc1cccc2ncc(-c3cnc4c(c3)CNCC4)cc12.